The molecule has 90 valence electrons. The standard InChI is InChI=1S/C12H6BrClN2O2/c13-6-1-2-7-8-4-15-5-9(12(17)18)11(8)16(14)10(7)3-6/h1-5H,(H,17,18). The zero-order chi connectivity index (χ0) is 12.9. The van der Waals surface area contributed by atoms with Crippen molar-refractivity contribution in [2.24, 2.45) is 0 Å². The van der Waals surface area contributed by atoms with Crippen molar-refractivity contribution in [3.63, 3.8) is 0 Å². The maximum atomic E-state index is 11.2. The second-order valence-corrected chi connectivity index (χ2v) is 5.08. The van der Waals surface area contributed by atoms with Crippen molar-refractivity contribution in [3.05, 3.63) is 40.6 Å². The molecule has 0 aliphatic heterocycles. The Hall–Kier alpha value is -1.59. The molecule has 0 aliphatic rings. The van der Waals surface area contributed by atoms with Crippen molar-refractivity contribution in [3.8, 4) is 0 Å². The quantitative estimate of drug-likeness (QED) is 0.743. The van der Waals surface area contributed by atoms with Gasteiger partial charge in [0.25, 0.3) is 0 Å². The molecule has 18 heavy (non-hydrogen) atoms. The summed E-state index contributed by atoms with van der Waals surface area (Å²) in [7, 11) is 0. The van der Waals surface area contributed by atoms with Crippen LogP contribution in [0.3, 0.4) is 0 Å². The van der Waals surface area contributed by atoms with E-state index in [0.717, 1.165) is 20.8 Å². The van der Waals surface area contributed by atoms with Gasteiger partial charge in [-0.15, -0.1) is 0 Å². The first kappa shape index (κ1) is 11.5. The summed E-state index contributed by atoms with van der Waals surface area (Å²) in [5, 5.41) is 10.8. The molecule has 0 spiro atoms. The number of nitrogens with zero attached hydrogens (tertiary/aromatic N) is 2. The molecule has 3 rings (SSSR count). The zero-order valence-electron chi connectivity index (χ0n) is 8.89. The summed E-state index contributed by atoms with van der Waals surface area (Å²) in [5.74, 6) is -1.04. The number of carboxylic acid groups (broad SMARTS) is 1. The largest absolute Gasteiger partial charge is 0.478 e. The van der Waals surface area contributed by atoms with Gasteiger partial charge in [0.1, 0.15) is 5.56 Å². The number of aromatic carboxylic acids is 1. The molecule has 2 aromatic heterocycles. The van der Waals surface area contributed by atoms with Crippen LogP contribution < -0.4 is 0 Å². The molecule has 6 heteroatoms. The lowest BCUT2D eigenvalue weighted by Gasteiger charge is -1.98. The third kappa shape index (κ3) is 1.51. The molecule has 2 heterocycles. The van der Waals surface area contributed by atoms with Crippen LogP contribution in [0, 0.1) is 0 Å². The summed E-state index contributed by atoms with van der Waals surface area (Å²) in [6.07, 6.45) is 2.92. The fourth-order valence-electron chi connectivity index (χ4n) is 2.03. The molecule has 0 amide bonds. The Morgan fingerprint density at radius 3 is 2.83 bits per heavy atom. The van der Waals surface area contributed by atoms with E-state index in [0.29, 0.717) is 5.52 Å². The molecule has 0 atom stereocenters. The minimum absolute atomic E-state index is 0.0924. The van der Waals surface area contributed by atoms with Crippen LogP contribution >= 0.6 is 27.7 Å². The van der Waals surface area contributed by atoms with Crippen LogP contribution in [0.1, 0.15) is 10.4 Å². The molecule has 0 aliphatic carbocycles. The van der Waals surface area contributed by atoms with Crippen LogP contribution in [-0.4, -0.2) is 20.1 Å². The van der Waals surface area contributed by atoms with Crippen molar-refractivity contribution in [2.45, 2.75) is 0 Å². The van der Waals surface area contributed by atoms with Crippen molar-refractivity contribution in [1.82, 2.24) is 9.07 Å². The van der Waals surface area contributed by atoms with E-state index < -0.39 is 5.97 Å². The zero-order valence-corrected chi connectivity index (χ0v) is 11.2. The first-order valence-electron chi connectivity index (χ1n) is 5.06. The Labute approximate surface area is 115 Å². The molecule has 0 saturated carbocycles. The Morgan fingerprint density at radius 1 is 1.33 bits per heavy atom. The molecular weight excluding hydrogens is 320 g/mol. The Kier molecular flexibility index (Phi) is 2.53. The second-order valence-electron chi connectivity index (χ2n) is 3.83. The number of carbonyl (C=O) groups is 1. The van der Waals surface area contributed by atoms with Crippen molar-refractivity contribution in [1.29, 1.82) is 0 Å². The van der Waals surface area contributed by atoms with Crippen LogP contribution in [0.4, 0.5) is 0 Å². The van der Waals surface area contributed by atoms with Gasteiger partial charge >= 0.3 is 5.97 Å². The fraction of sp³-hybridized carbons (Fsp3) is 0. The molecule has 1 N–H and O–H groups in total. The maximum absolute atomic E-state index is 11.2. The average Bonchev–Trinajstić information content (AvgIpc) is 2.63. The normalized spacial score (nSPS) is 11.2. The molecule has 0 fully saturated rings. The summed E-state index contributed by atoms with van der Waals surface area (Å²) in [6.45, 7) is 0. The van der Waals surface area contributed by atoms with E-state index in [1.807, 2.05) is 18.2 Å². The molecule has 0 radical (unpaired) electrons. The van der Waals surface area contributed by atoms with Gasteiger partial charge in [0.2, 0.25) is 0 Å². The topological polar surface area (TPSA) is 55.1 Å². The number of aromatic nitrogens is 2. The van der Waals surface area contributed by atoms with Crippen LogP contribution in [0.5, 0.6) is 0 Å². The number of hydrogen-bond acceptors (Lipinski definition) is 2. The van der Waals surface area contributed by atoms with E-state index in [4.69, 9.17) is 16.9 Å². The van der Waals surface area contributed by atoms with E-state index >= 15 is 0 Å². The van der Waals surface area contributed by atoms with E-state index in [1.165, 1.54) is 10.3 Å². The first-order chi connectivity index (χ1) is 8.59. The van der Waals surface area contributed by atoms with Gasteiger partial charge in [0, 0.05) is 39.4 Å². The van der Waals surface area contributed by atoms with Crippen LogP contribution in [0.2, 0.25) is 0 Å². The number of halogens is 2. The Balaban J connectivity index is 2.59. The van der Waals surface area contributed by atoms with Gasteiger partial charge in [-0.1, -0.05) is 22.0 Å². The number of fused-ring (bicyclic) bond motifs is 3. The molecule has 0 unspecified atom stereocenters. The lowest BCUT2D eigenvalue weighted by Crippen LogP contribution is -1.99. The minimum atomic E-state index is -1.04. The molecule has 0 bridgehead atoms. The van der Waals surface area contributed by atoms with E-state index in [9.17, 15) is 4.79 Å². The number of benzene rings is 1. The van der Waals surface area contributed by atoms with Gasteiger partial charge in [-0.3, -0.25) is 9.07 Å². The predicted molar refractivity (Wildman–Crippen MR) is 73.1 cm³/mol. The van der Waals surface area contributed by atoms with Crippen molar-refractivity contribution < 1.29 is 9.90 Å². The average molecular weight is 326 g/mol. The van der Waals surface area contributed by atoms with Gasteiger partial charge in [-0.05, 0) is 12.1 Å². The molecule has 1 aromatic carbocycles. The summed E-state index contributed by atoms with van der Waals surface area (Å²) < 4.78 is 2.24. The minimum Gasteiger partial charge on any atom is -0.478 e. The Bertz CT molecular complexity index is 797. The Morgan fingerprint density at radius 2 is 2.11 bits per heavy atom. The van der Waals surface area contributed by atoms with E-state index in [-0.39, 0.29) is 5.56 Å². The lowest BCUT2D eigenvalue weighted by atomic mass is 10.1. The number of hydrogen-bond donors (Lipinski definition) is 1. The van der Waals surface area contributed by atoms with Gasteiger partial charge < -0.3 is 5.11 Å². The van der Waals surface area contributed by atoms with Gasteiger partial charge in [-0.2, -0.15) is 0 Å². The fourth-order valence-corrected chi connectivity index (χ4v) is 2.71. The highest BCUT2D eigenvalue weighted by atomic mass is 79.9. The summed E-state index contributed by atoms with van der Waals surface area (Å²) in [6, 6.07) is 5.61. The number of carboxylic acids is 1. The number of pyridine rings is 1. The van der Waals surface area contributed by atoms with Gasteiger partial charge in [0.15, 0.2) is 0 Å². The first-order valence-corrected chi connectivity index (χ1v) is 6.20. The molecule has 3 aromatic rings. The second kappa shape index (κ2) is 3.96. The van der Waals surface area contributed by atoms with Crippen LogP contribution in [0.15, 0.2) is 35.1 Å². The third-order valence-electron chi connectivity index (χ3n) is 2.81. The summed E-state index contributed by atoms with van der Waals surface area (Å²) >= 11 is 9.58. The van der Waals surface area contributed by atoms with Crippen LogP contribution in [0.25, 0.3) is 21.8 Å². The highest BCUT2D eigenvalue weighted by Crippen LogP contribution is 2.32. The third-order valence-corrected chi connectivity index (χ3v) is 3.65. The predicted octanol–water partition coefficient (Wildman–Crippen LogP) is 3.65. The molecular formula is C12H6BrClN2O2. The van der Waals surface area contributed by atoms with Crippen molar-refractivity contribution in [2.75, 3.05) is 0 Å². The summed E-state index contributed by atoms with van der Waals surface area (Å²) in [4.78, 5) is 15.1. The molecule has 0 saturated heterocycles. The highest BCUT2D eigenvalue weighted by molar-refractivity contribution is 9.10. The van der Waals surface area contributed by atoms with Crippen molar-refractivity contribution >= 4 is 55.5 Å². The van der Waals surface area contributed by atoms with Crippen LogP contribution in [-0.2, 0) is 0 Å². The highest BCUT2D eigenvalue weighted by Gasteiger charge is 2.17. The van der Waals surface area contributed by atoms with E-state index in [2.05, 4.69) is 20.9 Å². The number of rotatable bonds is 1. The SMILES string of the molecule is O=C(O)c1cncc2c3ccc(Br)cc3n(Cl)c12. The van der Waals surface area contributed by atoms with E-state index in [1.54, 1.807) is 6.20 Å². The van der Waals surface area contributed by atoms with Gasteiger partial charge in [0.05, 0.1) is 11.0 Å². The molecule has 4 nitrogen and oxygen atoms in total. The monoisotopic (exact) mass is 324 g/mol. The van der Waals surface area contributed by atoms with Gasteiger partial charge in [-0.25, -0.2) is 4.79 Å². The smallest absolute Gasteiger partial charge is 0.339 e. The summed E-state index contributed by atoms with van der Waals surface area (Å²) in [5.41, 5.74) is 1.30. The lowest BCUT2D eigenvalue weighted by molar-refractivity contribution is 0.0698. The maximum Gasteiger partial charge on any atom is 0.339 e.